The van der Waals surface area contributed by atoms with Crippen molar-refractivity contribution in [2.45, 2.75) is 32.6 Å². The standard InChI is InChI=1S/C17H25N5O/c1-3-23-16-8-6-14(7-9-16)4-5-15-10-12-22(13-11-15)17-18-19-20-21(17)2/h6-9,15H,3-5,10-13H2,1-2H3. The van der Waals surface area contributed by atoms with Gasteiger partial charge >= 0.3 is 0 Å². The minimum absolute atomic E-state index is 0.721. The van der Waals surface area contributed by atoms with Crippen LogP contribution in [0.2, 0.25) is 0 Å². The number of tetrazole rings is 1. The highest BCUT2D eigenvalue weighted by Gasteiger charge is 2.22. The smallest absolute Gasteiger partial charge is 0.245 e. The summed E-state index contributed by atoms with van der Waals surface area (Å²) >= 11 is 0. The molecule has 0 spiro atoms. The van der Waals surface area contributed by atoms with Crippen molar-refractivity contribution in [3.05, 3.63) is 29.8 Å². The van der Waals surface area contributed by atoms with E-state index in [4.69, 9.17) is 4.74 Å². The molecule has 1 aromatic heterocycles. The van der Waals surface area contributed by atoms with Gasteiger partial charge in [0.15, 0.2) is 0 Å². The number of piperidine rings is 1. The van der Waals surface area contributed by atoms with Crippen LogP contribution in [-0.4, -0.2) is 39.9 Å². The molecule has 0 bridgehead atoms. The zero-order valence-corrected chi connectivity index (χ0v) is 14.0. The number of anilines is 1. The predicted molar refractivity (Wildman–Crippen MR) is 89.7 cm³/mol. The van der Waals surface area contributed by atoms with Gasteiger partial charge in [-0.05, 0) is 66.6 Å². The van der Waals surface area contributed by atoms with Crippen LogP contribution >= 0.6 is 0 Å². The molecule has 0 unspecified atom stereocenters. The van der Waals surface area contributed by atoms with Crippen LogP contribution in [0, 0.1) is 5.92 Å². The van der Waals surface area contributed by atoms with E-state index >= 15 is 0 Å². The van der Waals surface area contributed by atoms with Crippen molar-refractivity contribution < 1.29 is 4.74 Å². The summed E-state index contributed by atoms with van der Waals surface area (Å²) in [6.45, 7) is 4.82. The van der Waals surface area contributed by atoms with Crippen LogP contribution in [0.15, 0.2) is 24.3 Å². The fraction of sp³-hybridized carbons (Fsp3) is 0.588. The molecule has 1 aliphatic rings. The molecule has 0 amide bonds. The topological polar surface area (TPSA) is 56.1 Å². The normalized spacial score (nSPS) is 15.8. The molecule has 0 aliphatic carbocycles. The number of rotatable bonds is 6. The minimum atomic E-state index is 0.721. The van der Waals surface area contributed by atoms with Crippen molar-refractivity contribution in [3.63, 3.8) is 0 Å². The first-order valence-electron chi connectivity index (χ1n) is 8.45. The maximum atomic E-state index is 5.49. The zero-order valence-electron chi connectivity index (χ0n) is 14.0. The van der Waals surface area contributed by atoms with Gasteiger partial charge in [0, 0.05) is 20.1 Å². The lowest BCUT2D eigenvalue weighted by molar-refractivity contribution is 0.340. The molecule has 2 aromatic rings. The van der Waals surface area contributed by atoms with Crippen molar-refractivity contribution in [2.24, 2.45) is 13.0 Å². The van der Waals surface area contributed by atoms with Crippen molar-refractivity contribution in [1.82, 2.24) is 20.2 Å². The maximum absolute atomic E-state index is 5.49. The molecular weight excluding hydrogens is 290 g/mol. The van der Waals surface area contributed by atoms with E-state index in [1.807, 2.05) is 14.0 Å². The third-order valence-electron chi connectivity index (χ3n) is 4.57. The fourth-order valence-electron chi connectivity index (χ4n) is 3.20. The Morgan fingerprint density at radius 3 is 2.52 bits per heavy atom. The molecule has 0 atom stereocenters. The summed E-state index contributed by atoms with van der Waals surface area (Å²) < 4.78 is 7.24. The first kappa shape index (κ1) is 15.8. The number of hydrogen-bond donors (Lipinski definition) is 0. The number of aromatic nitrogens is 4. The van der Waals surface area contributed by atoms with Gasteiger partial charge in [-0.3, -0.25) is 0 Å². The van der Waals surface area contributed by atoms with E-state index < -0.39 is 0 Å². The highest BCUT2D eigenvalue weighted by atomic mass is 16.5. The lowest BCUT2D eigenvalue weighted by Gasteiger charge is -2.31. The number of ether oxygens (including phenoxy) is 1. The van der Waals surface area contributed by atoms with Gasteiger partial charge in [0.25, 0.3) is 0 Å². The zero-order chi connectivity index (χ0) is 16.1. The van der Waals surface area contributed by atoms with E-state index in [2.05, 4.69) is 44.7 Å². The van der Waals surface area contributed by atoms with Gasteiger partial charge < -0.3 is 9.64 Å². The SMILES string of the molecule is CCOc1ccc(CCC2CCN(c3nnnn3C)CC2)cc1. The van der Waals surface area contributed by atoms with Crippen LogP contribution in [0.25, 0.3) is 0 Å². The second-order valence-corrected chi connectivity index (χ2v) is 6.15. The van der Waals surface area contributed by atoms with Crippen LogP contribution < -0.4 is 9.64 Å². The minimum Gasteiger partial charge on any atom is -0.494 e. The average molecular weight is 315 g/mol. The summed E-state index contributed by atoms with van der Waals surface area (Å²) in [5.74, 6) is 2.64. The molecule has 23 heavy (non-hydrogen) atoms. The van der Waals surface area contributed by atoms with Gasteiger partial charge in [-0.25, -0.2) is 4.68 Å². The van der Waals surface area contributed by atoms with E-state index in [1.54, 1.807) is 4.68 Å². The molecule has 2 heterocycles. The molecule has 1 aromatic carbocycles. The Bertz CT molecular complexity index is 602. The quantitative estimate of drug-likeness (QED) is 0.819. The Labute approximate surface area is 137 Å². The van der Waals surface area contributed by atoms with Crippen LogP contribution in [0.5, 0.6) is 5.75 Å². The van der Waals surface area contributed by atoms with Crippen LogP contribution in [0.3, 0.4) is 0 Å². The lowest BCUT2D eigenvalue weighted by atomic mass is 9.90. The van der Waals surface area contributed by atoms with Gasteiger partial charge in [0.1, 0.15) is 5.75 Å². The molecule has 0 N–H and O–H groups in total. The Hall–Kier alpha value is -2.11. The highest BCUT2D eigenvalue weighted by Crippen LogP contribution is 2.25. The molecule has 124 valence electrons. The maximum Gasteiger partial charge on any atom is 0.245 e. The Morgan fingerprint density at radius 2 is 1.91 bits per heavy atom. The first-order chi connectivity index (χ1) is 11.3. The summed E-state index contributed by atoms with van der Waals surface area (Å²) in [6, 6.07) is 8.52. The van der Waals surface area contributed by atoms with Crippen LogP contribution in [0.4, 0.5) is 5.95 Å². The number of hydrogen-bond acceptors (Lipinski definition) is 5. The second kappa shape index (κ2) is 7.44. The molecule has 0 saturated carbocycles. The average Bonchev–Trinajstić information content (AvgIpc) is 3.01. The van der Waals surface area contributed by atoms with Crippen molar-refractivity contribution >= 4 is 5.95 Å². The van der Waals surface area contributed by atoms with Crippen molar-refractivity contribution in [2.75, 3.05) is 24.6 Å². The molecule has 3 rings (SSSR count). The summed E-state index contributed by atoms with van der Waals surface area (Å²) in [6.07, 6.45) is 4.81. The molecular formula is C17H25N5O. The summed E-state index contributed by atoms with van der Waals surface area (Å²) in [4.78, 5) is 2.29. The lowest BCUT2D eigenvalue weighted by Crippen LogP contribution is -2.35. The fourth-order valence-corrected chi connectivity index (χ4v) is 3.20. The van der Waals surface area contributed by atoms with E-state index in [0.29, 0.717) is 0 Å². The predicted octanol–water partition coefficient (Wildman–Crippen LogP) is 2.46. The summed E-state index contributed by atoms with van der Waals surface area (Å²) in [5, 5.41) is 11.7. The molecule has 1 aliphatic heterocycles. The molecule has 1 saturated heterocycles. The number of aryl methyl sites for hydroxylation is 2. The number of benzene rings is 1. The third-order valence-corrected chi connectivity index (χ3v) is 4.57. The van der Waals surface area contributed by atoms with Crippen LogP contribution in [0.1, 0.15) is 31.7 Å². The van der Waals surface area contributed by atoms with Gasteiger partial charge in [-0.15, -0.1) is 0 Å². The summed E-state index contributed by atoms with van der Waals surface area (Å²) in [7, 11) is 1.90. The van der Waals surface area contributed by atoms with Gasteiger partial charge in [-0.1, -0.05) is 17.2 Å². The van der Waals surface area contributed by atoms with E-state index in [9.17, 15) is 0 Å². The summed E-state index contributed by atoms with van der Waals surface area (Å²) in [5.41, 5.74) is 1.40. The van der Waals surface area contributed by atoms with E-state index in [-0.39, 0.29) is 0 Å². The van der Waals surface area contributed by atoms with Gasteiger partial charge in [0.05, 0.1) is 6.61 Å². The molecule has 6 heteroatoms. The first-order valence-corrected chi connectivity index (χ1v) is 8.45. The number of nitrogens with zero attached hydrogens (tertiary/aromatic N) is 5. The Morgan fingerprint density at radius 1 is 1.17 bits per heavy atom. The Kier molecular flexibility index (Phi) is 5.10. The molecule has 0 radical (unpaired) electrons. The van der Waals surface area contributed by atoms with Gasteiger partial charge in [-0.2, -0.15) is 0 Å². The second-order valence-electron chi connectivity index (χ2n) is 6.15. The van der Waals surface area contributed by atoms with E-state index in [0.717, 1.165) is 43.7 Å². The van der Waals surface area contributed by atoms with Crippen molar-refractivity contribution in [3.8, 4) is 5.75 Å². The molecule has 6 nitrogen and oxygen atoms in total. The largest absolute Gasteiger partial charge is 0.494 e. The Balaban J connectivity index is 1.45. The highest BCUT2D eigenvalue weighted by molar-refractivity contribution is 5.29. The van der Waals surface area contributed by atoms with Crippen molar-refractivity contribution in [1.29, 1.82) is 0 Å². The van der Waals surface area contributed by atoms with Gasteiger partial charge in [0.2, 0.25) is 5.95 Å². The molecule has 1 fully saturated rings. The third kappa shape index (κ3) is 4.00. The van der Waals surface area contributed by atoms with E-state index in [1.165, 1.54) is 24.8 Å². The monoisotopic (exact) mass is 315 g/mol. The van der Waals surface area contributed by atoms with Crippen LogP contribution in [-0.2, 0) is 13.5 Å².